The van der Waals surface area contributed by atoms with Gasteiger partial charge in [0.25, 0.3) is 0 Å². The van der Waals surface area contributed by atoms with Crippen LogP contribution < -0.4 is 4.90 Å². The van der Waals surface area contributed by atoms with Crippen molar-refractivity contribution in [3.8, 4) is 0 Å². The molecular weight excluding hydrogens is 406 g/mol. The van der Waals surface area contributed by atoms with E-state index in [4.69, 9.17) is 0 Å². The SMILES string of the molecule is O=S(=O)(c1ccc2ccccc2c1)N1CCC(N2CCN(c3ccccc3)CC2)CC1. The average Bonchev–Trinajstić information content (AvgIpc) is 2.84. The maximum atomic E-state index is 13.2. The van der Waals surface area contributed by atoms with E-state index < -0.39 is 10.0 Å². The van der Waals surface area contributed by atoms with Gasteiger partial charge in [0.1, 0.15) is 0 Å². The molecule has 5 nitrogen and oxygen atoms in total. The predicted octanol–water partition coefficient (Wildman–Crippen LogP) is 3.82. The molecule has 0 spiro atoms. The van der Waals surface area contributed by atoms with Gasteiger partial charge in [-0.3, -0.25) is 4.90 Å². The number of fused-ring (bicyclic) bond motifs is 1. The van der Waals surface area contributed by atoms with Crippen molar-refractivity contribution >= 4 is 26.5 Å². The van der Waals surface area contributed by atoms with Crippen molar-refractivity contribution in [3.05, 3.63) is 72.8 Å². The van der Waals surface area contributed by atoms with Gasteiger partial charge in [-0.1, -0.05) is 48.5 Å². The molecule has 0 radical (unpaired) electrons. The summed E-state index contributed by atoms with van der Waals surface area (Å²) in [4.78, 5) is 5.40. The lowest BCUT2D eigenvalue weighted by Gasteiger charge is -2.43. The molecule has 2 fully saturated rings. The summed E-state index contributed by atoms with van der Waals surface area (Å²) >= 11 is 0. The molecule has 0 aliphatic carbocycles. The van der Waals surface area contributed by atoms with Crippen molar-refractivity contribution in [2.45, 2.75) is 23.8 Å². The first kappa shape index (κ1) is 20.5. The highest BCUT2D eigenvalue weighted by Gasteiger charge is 2.32. The van der Waals surface area contributed by atoms with E-state index in [9.17, 15) is 8.42 Å². The Hall–Kier alpha value is -2.41. The van der Waals surface area contributed by atoms with Crippen molar-refractivity contribution in [3.63, 3.8) is 0 Å². The van der Waals surface area contributed by atoms with Crippen LogP contribution in [0.4, 0.5) is 5.69 Å². The molecule has 0 amide bonds. The molecule has 2 heterocycles. The van der Waals surface area contributed by atoms with Crippen molar-refractivity contribution in [1.29, 1.82) is 0 Å². The number of anilines is 1. The summed E-state index contributed by atoms with van der Waals surface area (Å²) in [5.41, 5.74) is 1.29. The fourth-order valence-electron chi connectivity index (χ4n) is 4.91. The lowest BCUT2D eigenvalue weighted by Crippen LogP contribution is -2.53. The second kappa shape index (κ2) is 8.61. The monoisotopic (exact) mass is 435 g/mol. The van der Waals surface area contributed by atoms with Crippen LogP contribution in [-0.4, -0.2) is 62.9 Å². The standard InChI is InChI=1S/C25H29N3O2S/c29-31(30,25-11-10-21-6-4-5-7-22(21)20-25)28-14-12-24(13-15-28)27-18-16-26(17-19-27)23-8-2-1-3-9-23/h1-11,20,24H,12-19H2. The molecule has 31 heavy (non-hydrogen) atoms. The zero-order valence-electron chi connectivity index (χ0n) is 17.7. The summed E-state index contributed by atoms with van der Waals surface area (Å²) in [5.74, 6) is 0. The van der Waals surface area contributed by atoms with Crippen molar-refractivity contribution in [1.82, 2.24) is 9.21 Å². The zero-order valence-corrected chi connectivity index (χ0v) is 18.5. The van der Waals surface area contributed by atoms with E-state index in [-0.39, 0.29) is 0 Å². The van der Waals surface area contributed by atoms with Gasteiger partial charge in [-0.25, -0.2) is 8.42 Å². The molecule has 0 aromatic heterocycles. The van der Waals surface area contributed by atoms with E-state index in [1.807, 2.05) is 30.3 Å². The fraction of sp³-hybridized carbons (Fsp3) is 0.360. The first-order valence-corrected chi connectivity index (χ1v) is 12.6. The van der Waals surface area contributed by atoms with Gasteiger partial charge in [0.2, 0.25) is 10.0 Å². The highest BCUT2D eigenvalue weighted by molar-refractivity contribution is 7.89. The third-order valence-corrected chi connectivity index (χ3v) is 8.63. The smallest absolute Gasteiger partial charge is 0.243 e. The molecule has 0 saturated carbocycles. The molecule has 5 rings (SSSR count). The van der Waals surface area contributed by atoms with Gasteiger partial charge < -0.3 is 4.90 Å². The van der Waals surface area contributed by atoms with E-state index in [1.165, 1.54) is 5.69 Å². The van der Waals surface area contributed by atoms with Crippen LogP contribution in [0.3, 0.4) is 0 Å². The lowest BCUT2D eigenvalue weighted by atomic mass is 10.0. The number of piperidine rings is 1. The Balaban J connectivity index is 1.20. The topological polar surface area (TPSA) is 43.9 Å². The van der Waals surface area contributed by atoms with E-state index in [0.717, 1.165) is 49.8 Å². The van der Waals surface area contributed by atoms with Crippen LogP contribution in [0.25, 0.3) is 10.8 Å². The summed E-state index contributed by atoms with van der Waals surface area (Å²) in [5, 5.41) is 2.03. The third kappa shape index (κ3) is 4.20. The summed E-state index contributed by atoms with van der Waals surface area (Å²) in [6.45, 7) is 5.32. The minimum atomic E-state index is -3.45. The first-order valence-electron chi connectivity index (χ1n) is 11.1. The minimum absolute atomic E-state index is 0.404. The number of sulfonamides is 1. The quantitative estimate of drug-likeness (QED) is 0.625. The van der Waals surface area contributed by atoms with Crippen LogP contribution >= 0.6 is 0 Å². The molecule has 6 heteroatoms. The summed E-state index contributed by atoms with van der Waals surface area (Å²) < 4.78 is 28.1. The number of nitrogens with zero attached hydrogens (tertiary/aromatic N) is 3. The van der Waals surface area contributed by atoms with Gasteiger partial charge >= 0.3 is 0 Å². The van der Waals surface area contributed by atoms with Crippen LogP contribution in [0, 0.1) is 0 Å². The molecular formula is C25H29N3O2S. The van der Waals surface area contributed by atoms with Crippen LogP contribution in [0.5, 0.6) is 0 Å². The lowest BCUT2D eigenvalue weighted by molar-refractivity contribution is 0.132. The first-order chi connectivity index (χ1) is 15.1. The second-order valence-corrected chi connectivity index (χ2v) is 10.4. The highest BCUT2D eigenvalue weighted by Crippen LogP contribution is 2.27. The van der Waals surface area contributed by atoms with Crippen molar-refractivity contribution < 1.29 is 8.42 Å². The van der Waals surface area contributed by atoms with Crippen LogP contribution in [0.2, 0.25) is 0 Å². The molecule has 2 saturated heterocycles. The molecule has 2 aliphatic heterocycles. The maximum absolute atomic E-state index is 13.2. The Labute approximate surface area is 184 Å². The summed E-state index contributed by atoms with van der Waals surface area (Å²) in [7, 11) is -3.45. The normalized spacial score (nSPS) is 19.7. The third-order valence-electron chi connectivity index (χ3n) is 6.73. The van der Waals surface area contributed by atoms with Gasteiger partial charge in [0.15, 0.2) is 0 Å². The molecule has 3 aromatic carbocycles. The Bertz CT molecular complexity index is 1130. The van der Waals surface area contributed by atoms with Crippen LogP contribution in [0.1, 0.15) is 12.8 Å². The fourth-order valence-corrected chi connectivity index (χ4v) is 6.41. The predicted molar refractivity (Wildman–Crippen MR) is 126 cm³/mol. The van der Waals surface area contributed by atoms with E-state index >= 15 is 0 Å². The van der Waals surface area contributed by atoms with E-state index in [2.05, 4.69) is 40.1 Å². The molecule has 3 aromatic rings. The van der Waals surface area contributed by atoms with E-state index in [1.54, 1.807) is 16.4 Å². The minimum Gasteiger partial charge on any atom is -0.369 e. The Morgan fingerprint density at radius 3 is 2.03 bits per heavy atom. The van der Waals surface area contributed by atoms with E-state index in [0.29, 0.717) is 24.0 Å². The summed E-state index contributed by atoms with van der Waals surface area (Å²) in [6, 6.07) is 24.4. The van der Waals surface area contributed by atoms with Gasteiger partial charge in [0.05, 0.1) is 4.90 Å². The molecule has 0 N–H and O–H groups in total. The molecule has 162 valence electrons. The van der Waals surface area contributed by atoms with Crippen molar-refractivity contribution in [2.75, 3.05) is 44.2 Å². The number of benzene rings is 3. The largest absolute Gasteiger partial charge is 0.369 e. The maximum Gasteiger partial charge on any atom is 0.243 e. The average molecular weight is 436 g/mol. The van der Waals surface area contributed by atoms with Crippen molar-refractivity contribution in [2.24, 2.45) is 0 Å². The van der Waals surface area contributed by atoms with Crippen LogP contribution in [-0.2, 0) is 10.0 Å². The van der Waals surface area contributed by atoms with Gasteiger partial charge in [-0.15, -0.1) is 0 Å². The molecule has 0 atom stereocenters. The Morgan fingerprint density at radius 2 is 1.32 bits per heavy atom. The number of hydrogen-bond acceptors (Lipinski definition) is 4. The number of para-hydroxylation sites is 1. The van der Waals surface area contributed by atoms with Crippen LogP contribution in [0.15, 0.2) is 77.7 Å². The molecule has 2 aliphatic rings. The zero-order chi connectivity index (χ0) is 21.3. The summed E-state index contributed by atoms with van der Waals surface area (Å²) in [6.07, 6.45) is 1.80. The molecule has 0 unspecified atom stereocenters. The Morgan fingerprint density at radius 1 is 0.677 bits per heavy atom. The molecule has 0 bridgehead atoms. The van der Waals surface area contributed by atoms with Gasteiger partial charge in [-0.2, -0.15) is 4.31 Å². The van der Waals surface area contributed by atoms with Gasteiger partial charge in [-0.05, 0) is 47.9 Å². The highest BCUT2D eigenvalue weighted by atomic mass is 32.2. The Kier molecular flexibility index (Phi) is 5.69. The number of rotatable bonds is 4. The second-order valence-electron chi connectivity index (χ2n) is 8.50. The number of piperazine rings is 1. The van der Waals surface area contributed by atoms with Gasteiger partial charge in [0, 0.05) is 51.0 Å². The number of hydrogen-bond donors (Lipinski definition) is 0.